The van der Waals surface area contributed by atoms with Gasteiger partial charge in [-0.05, 0) is 18.9 Å². The number of carboxylic acids is 1. The monoisotopic (exact) mass is 342 g/mol. The van der Waals surface area contributed by atoms with Gasteiger partial charge in [-0.1, -0.05) is 0 Å². The average molecular weight is 342 g/mol. The Morgan fingerprint density at radius 3 is 2.48 bits per heavy atom. The van der Waals surface area contributed by atoms with Gasteiger partial charge in [0.1, 0.15) is 0 Å². The maximum atomic E-state index is 12.2. The second-order valence-electron chi connectivity index (χ2n) is 5.26. The molecule has 1 unspecified atom stereocenters. The van der Waals surface area contributed by atoms with Gasteiger partial charge in [0, 0.05) is 23.7 Å². The number of rotatable bonds is 4. The van der Waals surface area contributed by atoms with Crippen molar-refractivity contribution >= 4 is 27.4 Å². The first-order valence-corrected chi connectivity index (χ1v) is 8.54. The number of hydrogen-bond donors (Lipinski definition) is 2. The quantitative estimate of drug-likeness (QED) is 0.602. The van der Waals surface area contributed by atoms with Gasteiger partial charge in [0.15, 0.2) is 9.84 Å². The van der Waals surface area contributed by atoms with E-state index < -0.39 is 38.4 Å². The van der Waals surface area contributed by atoms with Crippen molar-refractivity contribution in [2.45, 2.75) is 18.9 Å². The number of nitrogens with one attached hydrogen (secondary N) is 1. The summed E-state index contributed by atoms with van der Waals surface area (Å²) in [5, 5.41) is 22.3. The van der Waals surface area contributed by atoms with E-state index in [1.165, 1.54) is 0 Å². The summed E-state index contributed by atoms with van der Waals surface area (Å²) < 4.78 is 23.1. The SMILES string of the molecule is O=C(O)c1cc(C(=O)NC2CCCS(=O)(=O)C2)cc([N+](=O)[O-])c1. The number of hydrogen-bond acceptors (Lipinski definition) is 6. The van der Waals surface area contributed by atoms with Crippen molar-refractivity contribution in [3.63, 3.8) is 0 Å². The molecule has 1 fully saturated rings. The summed E-state index contributed by atoms with van der Waals surface area (Å²) in [4.78, 5) is 33.2. The number of carbonyl (C=O) groups excluding carboxylic acids is 1. The van der Waals surface area contributed by atoms with Crippen molar-refractivity contribution in [2.24, 2.45) is 0 Å². The molecule has 2 rings (SSSR count). The molecule has 10 heteroatoms. The average Bonchev–Trinajstić information content (AvgIpc) is 2.45. The maximum Gasteiger partial charge on any atom is 0.335 e. The van der Waals surface area contributed by atoms with Crippen molar-refractivity contribution < 1.29 is 28.0 Å². The molecule has 0 saturated carbocycles. The summed E-state index contributed by atoms with van der Waals surface area (Å²) in [5.74, 6) is -2.26. The van der Waals surface area contributed by atoms with Crippen LogP contribution in [0.25, 0.3) is 0 Å². The zero-order chi connectivity index (χ0) is 17.2. The van der Waals surface area contributed by atoms with Crippen LogP contribution < -0.4 is 5.32 Å². The summed E-state index contributed by atoms with van der Waals surface area (Å²) in [6, 6.07) is 2.24. The molecule has 1 atom stereocenters. The van der Waals surface area contributed by atoms with Crippen molar-refractivity contribution in [3.8, 4) is 0 Å². The molecule has 0 aliphatic carbocycles. The molecule has 1 aromatic rings. The van der Waals surface area contributed by atoms with E-state index in [9.17, 15) is 28.1 Å². The Morgan fingerprint density at radius 2 is 1.91 bits per heavy atom. The molecule has 9 nitrogen and oxygen atoms in total. The van der Waals surface area contributed by atoms with E-state index in [1.54, 1.807) is 0 Å². The smallest absolute Gasteiger partial charge is 0.335 e. The molecule has 0 bridgehead atoms. The van der Waals surface area contributed by atoms with E-state index in [2.05, 4.69) is 5.32 Å². The number of amides is 1. The van der Waals surface area contributed by atoms with Crippen molar-refractivity contribution in [3.05, 3.63) is 39.4 Å². The van der Waals surface area contributed by atoms with Crippen LogP contribution in [0.4, 0.5) is 5.69 Å². The zero-order valence-electron chi connectivity index (χ0n) is 11.9. The number of nitrogens with zero attached hydrogens (tertiary/aromatic N) is 1. The molecule has 1 aliphatic heterocycles. The number of nitro benzene ring substituents is 1. The molecule has 0 radical (unpaired) electrons. The lowest BCUT2D eigenvalue weighted by molar-refractivity contribution is -0.384. The Bertz CT molecular complexity index is 740. The van der Waals surface area contributed by atoms with Gasteiger partial charge in [-0.2, -0.15) is 0 Å². The Labute approximate surface area is 131 Å². The summed E-state index contributed by atoms with van der Waals surface area (Å²) in [6.07, 6.45) is 0.897. The standard InChI is InChI=1S/C13H14N2O7S/c16-12(14-10-2-1-3-23(21,22)7-10)8-4-9(13(17)18)6-11(5-8)15(19)20/h4-6,10H,1-3,7H2,(H,14,16)(H,17,18). The van der Waals surface area contributed by atoms with Crippen molar-refractivity contribution in [2.75, 3.05) is 11.5 Å². The highest BCUT2D eigenvalue weighted by molar-refractivity contribution is 7.91. The summed E-state index contributed by atoms with van der Waals surface area (Å²) in [5.41, 5.74) is -1.11. The Kier molecular flexibility index (Phi) is 4.64. The molecule has 1 aliphatic rings. The van der Waals surface area contributed by atoms with Crippen LogP contribution in [0.2, 0.25) is 0 Å². The van der Waals surface area contributed by atoms with Crippen LogP contribution in [0.3, 0.4) is 0 Å². The van der Waals surface area contributed by atoms with E-state index >= 15 is 0 Å². The number of benzene rings is 1. The Morgan fingerprint density at radius 1 is 1.26 bits per heavy atom. The van der Waals surface area contributed by atoms with Gasteiger partial charge in [0.05, 0.1) is 22.0 Å². The number of nitro groups is 1. The lowest BCUT2D eigenvalue weighted by Crippen LogP contribution is -2.43. The van der Waals surface area contributed by atoms with Gasteiger partial charge in [-0.15, -0.1) is 0 Å². The molecular formula is C13H14N2O7S. The molecule has 124 valence electrons. The minimum absolute atomic E-state index is 0.0688. The normalized spacial score (nSPS) is 19.7. The van der Waals surface area contributed by atoms with Crippen LogP contribution in [0.1, 0.15) is 33.6 Å². The largest absolute Gasteiger partial charge is 0.478 e. The van der Waals surface area contributed by atoms with E-state index in [0.717, 1.165) is 18.2 Å². The van der Waals surface area contributed by atoms with Crippen molar-refractivity contribution in [1.29, 1.82) is 0 Å². The minimum Gasteiger partial charge on any atom is -0.478 e. The van der Waals surface area contributed by atoms with Crippen LogP contribution in [0.15, 0.2) is 18.2 Å². The van der Waals surface area contributed by atoms with Gasteiger partial charge in [0.25, 0.3) is 11.6 Å². The first kappa shape index (κ1) is 16.9. The molecular weight excluding hydrogens is 328 g/mol. The van der Waals surface area contributed by atoms with Crippen molar-refractivity contribution in [1.82, 2.24) is 5.32 Å². The first-order valence-electron chi connectivity index (χ1n) is 6.72. The van der Waals surface area contributed by atoms with Crippen LogP contribution in [-0.2, 0) is 9.84 Å². The highest BCUT2D eigenvalue weighted by Gasteiger charge is 2.27. The fraction of sp³-hybridized carbons (Fsp3) is 0.385. The van der Waals surface area contributed by atoms with E-state index in [0.29, 0.717) is 12.8 Å². The molecule has 0 aromatic heterocycles. The lowest BCUT2D eigenvalue weighted by atomic mass is 10.1. The van der Waals surface area contributed by atoms with Crippen LogP contribution >= 0.6 is 0 Å². The number of sulfone groups is 1. The zero-order valence-corrected chi connectivity index (χ0v) is 12.7. The Balaban J connectivity index is 2.24. The third kappa shape index (κ3) is 4.25. The minimum atomic E-state index is -3.22. The maximum absolute atomic E-state index is 12.2. The highest BCUT2D eigenvalue weighted by atomic mass is 32.2. The van der Waals surface area contributed by atoms with Crippen LogP contribution in [0.5, 0.6) is 0 Å². The third-order valence-electron chi connectivity index (χ3n) is 3.44. The van der Waals surface area contributed by atoms with Gasteiger partial charge < -0.3 is 10.4 Å². The predicted molar refractivity (Wildman–Crippen MR) is 79.2 cm³/mol. The second-order valence-corrected chi connectivity index (χ2v) is 7.49. The molecule has 1 heterocycles. The number of aromatic carboxylic acids is 1. The van der Waals surface area contributed by atoms with Crippen LogP contribution in [0, 0.1) is 10.1 Å². The fourth-order valence-corrected chi connectivity index (χ4v) is 4.01. The summed E-state index contributed by atoms with van der Waals surface area (Å²) in [6.45, 7) is 0. The summed E-state index contributed by atoms with van der Waals surface area (Å²) in [7, 11) is -3.22. The molecule has 1 aromatic carbocycles. The molecule has 23 heavy (non-hydrogen) atoms. The number of carbonyl (C=O) groups is 2. The molecule has 1 amide bonds. The second kappa shape index (κ2) is 6.32. The van der Waals surface area contributed by atoms with Gasteiger partial charge in [-0.25, -0.2) is 13.2 Å². The highest BCUT2D eigenvalue weighted by Crippen LogP contribution is 2.19. The number of carboxylic acid groups (broad SMARTS) is 1. The first-order chi connectivity index (χ1) is 10.7. The van der Waals surface area contributed by atoms with Gasteiger partial charge >= 0.3 is 5.97 Å². The third-order valence-corrected chi connectivity index (χ3v) is 5.26. The fourth-order valence-electron chi connectivity index (χ4n) is 2.38. The Hall–Kier alpha value is -2.49. The lowest BCUT2D eigenvalue weighted by Gasteiger charge is -2.23. The van der Waals surface area contributed by atoms with Gasteiger partial charge in [-0.3, -0.25) is 14.9 Å². The predicted octanol–water partition coefficient (Wildman–Crippen LogP) is 0.600. The number of non-ortho nitro benzene ring substituents is 1. The van der Waals surface area contributed by atoms with E-state index in [1.807, 2.05) is 0 Å². The van der Waals surface area contributed by atoms with E-state index in [4.69, 9.17) is 5.11 Å². The van der Waals surface area contributed by atoms with Gasteiger partial charge in [0.2, 0.25) is 0 Å². The topological polar surface area (TPSA) is 144 Å². The molecule has 2 N–H and O–H groups in total. The summed E-state index contributed by atoms with van der Waals surface area (Å²) >= 11 is 0. The molecule has 0 spiro atoms. The van der Waals surface area contributed by atoms with Crippen LogP contribution in [-0.4, -0.2) is 47.9 Å². The molecule has 1 saturated heterocycles. The van der Waals surface area contributed by atoms with E-state index in [-0.39, 0.29) is 22.6 Å².